The number of rotatable bonds is 2. The summed E-state index contributed by atoms with van der Waals surface area (Å²) in [4.78, 5) is 0. The molecule has 0 saturated heterocycles. The summed E-state index contributed by atoms with van der Waals surface area (Å²) in [6, 6.07) is 0. The summed E-state index contributed by atoms with van der Waals surface area (Å²) in [6.45, 7) is 6.56. The van der Waals surface area contributed by atoms with Crippen molar-refractivity contribution in [3.05, 3.63) is 0 Å². The molecule has 0 aromatic carbocycles. The van der Waals surface area contributed by atoms with E-state index in [1.807, 2.05) is 0 Å². The maximum absolute atomic E-state index is 5.36. The molecular weight excluding hydrogens is 243 g/mol. The first-order chi connectivity index (χ1) is 3.81. The largest absolute Gasteiger partial charge is 0.382 e. The molecule has 0 radical (unpaired) electrons. The fourth-order valence-corrected chi connectivity index (χ4v) is 0.463. The van der Waals surface area contributed by atoms with Gasteiger partial charge < -0.3 is 4.74 Å². The fraction of sp³-hybridized carbons (Fsp3) is 1.00. The highest BCUT2D eigenvalue weighted by Crippen LogP contribution is 2.30. The van der Waals surface area contributed by atoms with E-state index < -0.39 is 0 Å². The van der Waals surface area contributed by atoms with Crippen LogP contribution in [0.3, 0.4) is 0 Å². The first-order valence-electron chi connectivity index (χ1n) is 3.05. The Bertz CT molecular complexity index is 95.7. The van der Waals surface area contributed by atoms with E-state index in [1.54, 1.807) is 7.11 Å². The lowest BCUT2D eigenvalue weighted by molar-refractivity contribution is 0.0596. The molecule has 0 heterocycles. The van der Waals surface area contributed by atoms with Gasteiger partial charge in [-0.15, -0.1) is 0 Å². The third-order valence-electron chi connectivity index (χ3n) is 1.94. The number of hydrogen-bond acceptors (Lipinski definition) is 1. The van der Waals surface area contributed by atoms with Crippen molar-refractivity contribution in [2.75, 3.05) is 7.11 Å². The Hall–Kier alpha value is 0.907. The van der Waals surface area contributed by atoms with E-state index in [0.717, 1.165) is 10.2 Å². The molecule has 0 amide bonds. The highest BCUT2D eigenvalue weighted by atomic mass is 127. The lowest BCUT2D eigenvalue weighted by Crippen LogP contribution is -2.45. The first kappa shape index (κ1) is 9.91. The molecule has 1 nitrogen and oxygen atoms in total. The Morgan fingerprint density at radius 3 is 1.67 bits per heavy atom. The molecule has 1 unspecified atom stereocenters. The van der Waals surface area contributed by atoms with Crippen LogP contribution in [0.2, 0.25) is 0 Å². The van der Waals surface area contributed by atoms with Crippen LogP contribution >= 0.6 is 22.6 Å². The van der Waals surface area contributed by atoms with Crippen molar-refractivity contribution in [2.45, 2.75) is 29.4 Å². The maximum atomic E-state index is 5.36. The van der Waals surface area contributed by atoms with Crippen LogP contribution in [-0.2, 0) is 4.74 Å². The van der Waals surface area contributed by atoms with Crippen LogP contribution < -0.4 is 0 Å². The fourth-order valence-electron chi connectivity index (χ4n) is 0.243. The third kappa shape index (κ3) is 2.55. The Balaban J connectivity index is 4.14. The molecule has 0 aromatic heterocycles. The lowest BCUT2D eigenvalue weighted by Gasteiger charge is -2.35. The van der Waals surface area contributed by atoms with Gasteiger partial charge in [0.15, 0.2) is 0 Å². The average molecular weight is 258 g/mol. The molecule has 3 heteroatoms. The number of alkyl halides is 1. The number of ether oxygens (including phenoxy) is 1. The molecule has 9 heavy (non-hydrogen) atoms. The number of halogens is 1. The normalized spacial score (nSPS) is 19.7. The van der Waals surface area contributed by atoms with Gasteiger partial charge in [0.25, 0.3) is 0 Å². The van der Waals surface area contributed by atoms with Crippen molar-refractivity contribution in [3.8, 4) is 0 Å². The molecule has 0 fully saturated rings. The minimum Gasteiger partial charge on any atom is -0.382 e. The number of hydrogen-bond donors (Lipinski definition) is 0. The van der Waals surface area contributed by atoms with Crippen LogP contribution in [0.5, 0.6) is 0 Å². The molecule has 0 aliphatic carbocycles. The van der Waals surface area contributed by atoms with E-state index in [-0.39, 0.29) is 8.65 Å². The topological polar surface area (TPSA) is 9.23 Å². The quantitative estimate of drug-likeness (QED) is 0.407. The summed E-state index contributed by atoms with van der Waals surface area (Å²) in [6.07, 6.45) is 0. The Morgan fingerprint density at radius 1 is 1.33 bits per heavy atom. The predicted molar refractivity (Wildman–Crippen MR) is 53.5 cm³/mol. The molecule has 0 aliphatic heterocycles. The van der Waals surface area contributed by atoms with Crippen molar-refractivity contribution in [2.24, 2.45) is 0 Å². The van der Waals surface area contributed by atoms with Crippen molar-refractivity contribution < 1.29 is 4.74 Å². The molecular formula is C6H15IOSi. The molecule has 0 aromatic rings. The third-order valence-corrected chi connectivity index (χ3v) is 5.92. The van der Waals surface area contributed by atoms with Gasteiger partial charge in [-0.25, -0.2) is 0 Å². The Morgan fingerprint density at radius 2 is 1.67 bits per heavy atom. The van der Waals surface area contributed by atoms with Gasteiger partial charge in [-0.3, -0.25) is 0 Å². The Kier molecular flexibility index (Phi) is 3.17. The monoisotopic (exact) mass is 258 g/mol. The molecule has 56 valence electrons. The van der Waals surface area contributed by atoms with Crippen molar-refractivity contribution >= 4 is 32.8 Å². The van der Waals surface area contributed by atoms with E-state index in [4.69, 9.17) is 4.74 Å². The van der Waals surface area contributed by atoms with E-state index >= 15 is 0 Å². The van der Waals surface area contributed by atoms with E-state index in [1.165, 1.54) is 0 Å². The molecule has 1 atom stereocenters. The van der Waals surface area contributed by atoms with Gasteiger partial charge in [0.2, 0.25) is 0 Å². The zero-order valence-corrected chi connectivity index (χ0v) is 10.9. The van der Waals surface area contributed by atoms with Gasteiger partial charge in [-0.1, -0.05) is 22.6 Å². The van der Waals surface area contributed by atoms with Gasteiger partial charge in [0, 0.05) is 20.8 Å². The first-order valence-corrected chi connectivity index (χ1v) is 5.13. The highest BCUT2D eigenvalue weighted by Gasteiger charge is 2.33. The summed E-state index contributed by atoms with van der Waals surface area (Å²) >= 11 is 2.43. The zero-order valence-electron chi connectivity index (χ0n) is 6.79. The van der Waals surface area contributed by atoms with Crippen LogP contribution in [0.15, 0.2) is 0 Å². The van der Waals surface area contributed by atoms with Crippen LogP contribution in [-0.4, -0.2) is 26.0 Å². The summed E-state index contributed by atoms with van der Waals surface area (Å²) in [5.74, 6) is 0. The highest BCUT2D eigenvalue weighted by molar-refractivity contribution is 14.1. The van der Waals surface area contributed by atoms with Gasteiger partial charge in [-0.05, 0) is 20.8 Å². The van der Waals surface area contributed by atoms with E-state index in [2.05, 4.69) is 43.4 Å². The second-order valence-corrected chi connectivity index (χ2v) is 7.79. The van der Waals surface area contributed by atoms with Gasteiger partial charge in [0.1, 0.15) is 0 Å². The van der Waals surface area contributed by atoms with Crippen molar-refractivity contribution in [1.82, 2.24) is 0 Å². The zero-order chi connectivity index (χ0) is 7.71. The molecule has 0 N–H and O–H groups in total. The van der Waals surface area contributed by atoms with Gasteiger partial charge in [-0.2, -0.15) is 0 Å². The minimum absolute atomic E-state index is 0.105. The second-order valence-electron chi connectivity index (χ2n) is 3.19. The smallest absolute Gasteiger partial charge is 0.0591 e. The SMILES string of the molecule is COC(C)([SiH3])C(C)(C)I. The van der Waals surface area contributed by atoms with Gasteiger partial charge >= 0.3 is 0 Å². The second kappa shape index (κ2) is 2.88. The number of methoxy groups -OCH3 is 1. The molecule has 0 rings (SSSR count). The van der Waals surface area contributed by atoms with E-state index in [9.17, 15) is 0 Å². The maximum Gasteiger partial charge on any atom is 0.0591 e. The van der Waals surface area contributed by atoms with Crippen molar-refractivity contribution in [3.63, 3.8) is 0 Å². The van der Waals surface area contributed by atoms with Crippen LogP contribution in [0, 0.1) is 0 Å². The predicted octanol–water partition coefficient (Wildman–Crippen LogP) is 0.928. The molecule has 0 aliphatic rings. The Labute approximate surface area is 74.1 Å². The van der Waals surface area contributed by atoms with Crippen LogP contribution in [0.25, 0.3) is 0 Å². The lowest BCUT2D eigenvalue weighted by atomic mass is 10.1. The molecule has 0 spiro atoms. The minimum atomic E-state index is 0.105. The average Bonchev–Trinajstić information content (AvgIpc) is 1.64. The van der Waals surface area contributed by atoms with E-state index in [0.29, 0.717) is 0 Å². The van der Waals surface area contributed by atoms with Crippen molar-refractivity contribution in [1.29, 1.82) is 0 Å². The molecule has 0 bridgehead atoms. The van der Waals surface area contributed by atoms with Gasteiger partial charge in [0.05, 0.1) is 5.22 Å². The molecule has 0 saturated carbocycles. The summed E-state index contributed by atoms with van der Waals surface area (Å²) in [5.41, 5.74) is 0. The van der Waals surface area contributed by atoms with Crippen LogP contribution in [0.1, 0.15) is 20.8 Å². The summed E-state index contributed by atoms with van der Waals surface area (Å²) in [5, 5.41) is 0.105. The summed E-state index contributed by atoms with van der Waals surface area (Å²) < 4.78 is 5.61. The standard InChI is InChI=1S/C6H15IOSi/c1-5(2,7)6(3,9)8-4/h1-4,9H3. The summed E-state index contributed by atoms with van der Waals surface area (Å²) in [7, 11) is 2.86. The van der Waals surface area contributed by atoms with Crippen LogP contribution in [0.4, 0.5) is 0 Å².